The molecule has 1 N–H and O–H groups in total. The van der Waals surface area contributed by atoms with E-state index in [4.69, 9.17) is 4.74 Å². The van der Waals surface area contributed by atoms with E-state index < -0.39 is 0 Å². The first-order valence-corrected chi connectivity index (χ1v) is 9.74. The van der Waals surface area contributed by atoms with Crippen LogP contribution in [-0.2, 0) is 16.1 Å². The summed E-state index contributed by atoms with van der Waals surface area (Å²) in [7, 11) is 0. The molecule has 1 unspecified atom stereocenters. The first-order chi connectivity index (χ1) is 12.4. The molecule has 2 fully saturated rings. The number of hydrogen-bond acceptors (Lipinski definition) is 4. The van der Waals surface area contributed by atoms with E-state index in [1.54, 1.807) is 4.68 Å². The maximum Gasteiger partial charge on any atom is 0.241 e. The summed E-state index contributed by atoms with van der Waals surface area (Å²) in [5, 5.41) is 7.25. The zero-order valence-electron chi connectivity index (χ0n) is 16.3. The van der Waals surface area contributed by atoms with Gasteiger partial charge in [-0.2, -0.15) is 5.10 Å². The third-order valence-corrected chi connectivity index (χ3v) is 5.47. The second kappa shape index (κ2) is 8.35. The van der Waals surface area contributed by atoms with Crippen LogP contribution in [0.25, 0.3) is 0 Å². The number of hydrogen-bond donors (Lipinski definition) is 1. The predicted molar refractivity (Wildman–Crippen MR) is 102 cm³/mol. The van der Waals surface area contributed by atoms with E-state index in [0.717, 1.165) is 51.0 Å². The number of amides is 1. The number of carbonyl (C=O) groups is 1. The number of nitrogens with zero attached hydrogens (tertiary/aromatic N) is 3. The Hall–Kier alpha value is -1.66. The molecule has 2 aliphatic heterocycles. The molecule has 144 valence electrons. The zero-order valence-corrected chi connectivity index (χ0v) is 16.3. The molecule has 0 bridgehead atoms. The lowest BCUT2D eigenvalue weighted by Gasteiger charge is -2.39. The van der Waals surface area contributed by atoms with Crippen LogP contribution in [0.3, 0.4) is 0 Å². The van der Waals surface area contributed by atoms with Crippen molar-refractivity contribution in [1.29, 1.82) is 0 Å². The SMILES string of the molecule is CC(C)=CCN1CCC2(CCC(CNC(=O)Cn3ccc(C)n3)O2)CC1. The molecule has 2 saturated heterocycles. The number of piperidine rings is 1. The first-order valence-electron chi connectivity index (χ1n) is 9.74. The van der Waals surface area contributed by atoms with E-state index in [-0.39, 0.29) is 24.2 Å². The number of nitrogens with one attached hydrogen (secondary N) is 1. The van der Waals surface area contributed by atoms with Crippen molar-refractivity contribution in [2.45, 2.75) is 64.7 Å². The molecular formula is C20H32N4O2. The first kappa shape index (κ1) is 19.1. The summed E-state index contributed by atoms with van der Waals surface area (Å²) in [6, 6.07) is 1.90. The second-order valence-electron chi connectivity index (χ2n) is 8.00. The fourth-order valence-corrected chi connectivity index (χ4v) is 3.84. The molecule has 3 rings (SSSR count). The monoisotopic (exact) mass is 360 g/mol. The van der Waals surface area contributed by atoms with Crippen LogP contribution in [-0.4, -0.2) is 58.5 Å². The molecule has 0 radical (unpaired) electrons. The Morgan fingerprint density at radius 2 is 2.15 bits per heavy atom. The van der Waals surface area contributed by atoms with Gasteiger partial charge in [0.15, 0.2) is 0 Å². The molecule has 26 heavy (non-hydrogen) atoms. The summed E-state index contributed by atoms with van der Waals surface area (Å²) < 4.78 is 8.06. The maximum atomic E-state index is 12.1. The minimum atomic E-state index is -0.00538. The van der Waals surface area contributed by atoms with Crippen molar-refractivity contribution in [2.75, 3.05) is 26.2 Å². The fourth-order valence-electron chi connectivity index (χ4n) is 3.84. The average Bonchev–Trinajstić information content (AvgIpc) is 3.19. The van der Waals surface area contributed by atoms with Crippen LogP contribution < -0.4 is 5.32 Å². The van der Waals surface area contributed by atoms with Crippen molar-refractivity contribution >= 4 is 5.91 Å². The average molecular weight is 361 g/mol. The zero-order chi connectivity index (χ0) is 18.6. The van der Waals surface area contributed by atoms with Crippen LogP contribution >= 0.6 is 0 Å². The van der Waals surface area contributed by atoms with Gasteiger partial charge in [-0.1, -0.05) is 11.6 Å². The van der Waals surface area contributed by atoms with Crippen molar-refractivity contribution in [3.05, 3.63) is 29.6 Å². The van der Waals surface area contributed by atoms with Crippen molar-refractivity contribution < 1.29 is 9.53 Å². The molecule has 1 aromatic rings. The topological polar surface area (TPSA) is 59.4 Å². The van der Waals surface area contributed by atoms with Crippen LogP contribution in [0, 0.1) is 6.92 Å². The Morgan fingerprint density at radius 1 is 1.38 bits per heavy atom. The van der Waals surface area contributed by atoms with E-state index in [1.165, 1.54) is 5.57 Å². The quantitative estimate of drug-likeness (QED) is 0.791. The lowest BCUT2D eigenvalue weighted by molar-refractivity contribution is -0.123. The number of rotatable bonds is 6. The van der Waals surface area contributed by atoms with Crippen LogP contribution in [0.1, 0.15) is 45.2 Å². The van der Waals surface area contributed by atoms with Crippen LogP contribution in [0.4, 0.5) is 0 Å². The third-order valence-electron chi connectivity index (χ3n) is 5.47. The van der Waals surface area contributed by atoms with Crippen molar-refractivity contribution in [1.82, 2.24) is 20.0 Å². The number of allylic oxidation sites excluding steroid dienone is 1. The predicted octanol–water partition coefficient (Wildman–Crippen LogP) is 2.29. The standard InChI is InChI=1S/C20H32N4O2/c1-16(2)5-10-23-12-8-20(9-13-23)7-4-18(26-20)14-21-19(25)15-24-11-6-17(3)22-24/h5-6,11,18H,4,7-10,12-15H2,1-3H3,(H,21,25). The number of likely N-dealkylation sites (tertiary alicyclic amines) is 1. The van der Waals surface area contributed by atoms with E-state index in [2.05, 4.69) is 35.2 Å². The summed E-state index contributed by atoms with van der Waals surface area (Å²) >= 11 is 0. The second-order valence-corrected chi connectivity index (χ2v) is 8.00. The van der Waals surface area contributed by atoms with Gasteiger partial charge in [0.2, 0.25) is 5.91 Å². The van der Waals surface area contributed by atoms with Gasteiger partial charge in [0, 0.05) is 32.4 Å². The normalized spacial score (nSPS) is 22.5. The number of carbonyl (C=O) groups excluding carboxylic acids is 1. The number of aryl methyl sites for hydroxylation is 1. The summed E-state index contributed by atoms with van der Waals surface area (Å²) in [5.74, 6) is -0.00538. The Morgan fingerprint density at radius 3 is 2.81 bits per heavy atom. The van der Waals surface area contributed by atoms with Crippen LogP contribution in [0.2, 0.25) is 0 Å². The minimum absolute atomic E-state index is 0.00538. The van der Waals surface area contributed by atoms with Gasteiger partial charge < -0.3 is 10.1 Å². The molecule has 6 nitrogen and oxygen atoms in total. The van der Waals surface area contributed by atoms with Crippen molar-refractivity contribution in [3.63, 3.8) is 0 Å². The lowest BCUT2D eigenvalue weighted by atomic mass is 9.88. The molecule has 1 aromatic heterocycles. The Balaban J connectivity index is 1.39. The highest BCUT2D eigenvalue weighted by molar-refractivity contribution is 5.75. The highest BCUT2D eigenvalue weighted by atomic mass is 16.5. The van der Waals surface area contributed by atoms with Gasteiger partial charge in [-0.3, -0.25) is 14.4 Å². The molecular weight excluding hydrogens is 328 g/mol. The van der Waals surface area contributed by atoms with E-state index >= 15 is 0 Å². The largest absolute Gasteiger partial charge is 0.370 e. The maximum absolute atomic E-state index is 12.1. The van der Waals surface area contributed by atoms with Crippen LogP contribution in [0.15, 0.2) is 23.9 Å². The molecule has 0 aliphatic carbocycles. The molecule has 1 atom stereocenters. The molecule has 1 amide bonds. The molecule has 3 heterocycles. The van der Waals surface area contributed by atoms with E-state index in [0.29, 0.717) is 6.54 Å². The van der Waals surface area contributed by atoms with E-state index in [1.807, 2.05) is 19.2 Å². The van der Waals surface area contributed by atoms with Gasteiger partial charge >= 0.3 is 0 Å². The van der Waals surface area contributed by atoms with Crippen molar-refractivity contribution in [2.24, 2.45) is 0 Å². The Labute approximate surface area is 156 Å². The Bertz CT molecular complexity index is 640. The fraction of sp³-hybridized carbons (Fsp3) is 0.700. The van der Waals surface area contributed by atoms with Gasteiger partial charge in [-0.25, -0.2) is 0 Å². The highest BCUT2D eigenvalue weighted by Gasteiger charge is 2.42. The molecule has 0 aromatic carbocycles. The highest BCUT2D eigenvalue weighted by Crippen LogP contribution is 2.38. The van der Waals surface area contributed by atoms with Gasteiger partial charge in [-0.15, -0.1) is 0 Å². The van der Waals surface area contributed by atoms with Gasteiger partial charge in [-0.05, 0) is 52.5 Å². The summed E-state index contributed by atoms with van der Waals surface area (Å²) in [6.07, 6.45) is 8.62. The Kier molecular flexibility index (Phi) is 6.14. The number of ether oxygens (including phenoxy) is 1. The molecule has 6 heteroatoms. The van der Waals surface area contributed by atoms with E-state index in [9.17, 15) is 4.79 Å². The van der Waals surface area contributed by atoms with Gasteiger partial charge in [0.1, 0.15) is 6.54 Å². The minimum Gasteiger partial charge on any atom is -0.370 e. The lowest BCUT2D eigenvalue weighted by Crippen LogP contribution is -2.45. The summed E-state index contributed by atoms with van der Waals surface area (Å²) in [4.78, 5) is 14.6. The smallest absolute Gasteiger partial charge is 0.241 e. The number of aromatic nitrogens is 2. The van der Waals surface area contributed by atoms with Crippen molar-refractivity contribution in [3.8, 4) is 0 Å². The molecule has 1 spiro atoms. The molecule has 2 aliphatic rings. The van der Waals surface area contributed by atoms with Crippen LogP contribution in [0.5, 0.6) is 0 Å². The van der Waals surface area contributed by atoms with Gasteiger partial charge in [0.25, 0.3) is 0 Å². The molecule has 0 saturated carbocycles. The third kappa shape index (κ3) is 5.17. The summed E-state index contributed by atoms with van der Waals surface area (Å²) in [5.41, 5.74) is 2.34. The van der Waals surface area contributed by atoms with Gasteiger partial charge in [0.05, 0.1) is 17.4 Å². The summed E-state index contributed by atoms with van der Waals surface area (Å²) in [6.45, 7) is 10.3.